The molecule has 0 radical (unpaired) electrons. The Morgan fingerprint density at radius 1 is 1.20 bits per heavy atom. The van der Waals surface area contributed by atoms with E-state index in [2.05, 4.69) is 4.74 Å². The molecule has 0 heterocycles. The van der Waals surface area contributed by atoms with Gasteiger partial charge in [0.05, 0.1) is 29.3 Å². The summed E-state index contributed by atoms with van der Waals surface area (Å²) in [7, 11) is -5.54. The summed E-state index contributed by atoms with van der Waals surface area (Å²) < 4.78 is 52.5. The molecule has 0 amide bonds. The molecule has 1 rings (SSSR count). The smallest absolute Gasteiger partial charge is 0.306 e. The average Bonchev–Trinajstić information content (AvgIpc) is 2.37. The minimum atomic E-state index is -3.53. The second-order valence-electron chi connectivity index (χ2n) is 5.42. The molecule has 0 aromatic rings. The van der Waals surface area contributed by atoms with Crippen LogP contribution in [0.4, 0.5) is 0 Å². The molecule has 0 aromatic heterocycles. The van der Waals surface area contributed by atoms with Gasteiger partial charge in [-0.05, 0) is 26.2 Å². The molecule has 8 heteroatoms. The summed E-state index contributed by atoms with van der Waals surface area (Å²) in [6, 6.07) is 0. The molecule has 1 saturated carbocycles. The van der Waals surface area contributed by atoms with Crippen molar-refractivity contribution in [1.29, 1.82) is 0 Å². The van der Waals surface area contributed by atoms with Crippen molar-refractivity contribution in [2.45, 2.75) is 54.8 Å². The van der Waals surface area contributed by atoms with E-state index in [4.69, 9.17) is 0 Å². The van der Waals surface area contributed by atoms with Gasteiger partial charge < -0.3 is 4.74 Å². The molecule has 0 aromatic carbocycles. The molecule has 6 nitrogen and oxygen atoms in total. The van der Waals surface area contributed by atoms with Crippen molar-refractivity contribution in [2.24, 2.45) is 0 Å². The third-order valence-corrected chi connectivity index (χ3v) is 8.18. The molecule has 0 aliphatic heterocycles. The third kappa shape index (κ3) is 4.18. The predicted octanol–water partition coefficient (Wildman–Crippen LogP) is 0.709. The zero-order valence-electron chi connectivity index (χ0n) is 12.0. The minimum Gasteiger partial charge on any atom is -0.469 e. The number of hydrogen-bond acceptors (Lipinski definition) is 6. The number of carbonyl (C=O) groups is 1. The van der Waals surface area contributed by atoms with Crippen LogP contribution in [-0.2, 0) is 29.2 Å². The molecule has 0 bridgehead atoms. The molecule has 118 valence electrons. The van der Waals surface area contributed by atoms with E-state index in [1.807, 2.05) is 0 Å². The lowest BCUT2D eigenvalue weighted by Gasteiger charge is -2.29. The molecular formula is C12H22O6S2. The molecule has 3 unspecified atom stereocenters. The Balaban J connectivity index is 2.84. The number of methoxy groups -OCH3 is 1. The summed E-state index contributed by atoms with van der Waals surface area (Å²) >= 11 is 0. The third-order valence-electron chi connectivity index (χ3n) is 3.89. The van der Waals surface area contributed by atoms with E-state index in [1.54, 1.807) is 0 Å². The predicted molar refractivity (Wildman–Crippen MR) is 75.9 cm³/mol. The van der Waals surface area contributed by atoms with Gasteiger partial charge in [-0.15, -0.1) is 0 Å². The lowest BCUT2D eigenvalue weighted by molar-refractivity contribution is -0.140. The second kappa shape index (κ2) is 6.43. The summed E-state index contributed by atoms with van der Waals surface area (Å²) in [6.45, 7) is 1.47. The summed E-state index contributed by atoms with van der Waals surface area (Å²) in [5.74, 6) is -0.573. The summed E-state index contributed by atoms with van der Waals surface area (Å²) in [5, 5.41) is -2.13. The van der Waals surface area contributed by atoms with Crippen LogP contribution in [0.3, 0.4) is 0 Å². The monoisotopic (exact) mass is 326 g/mol. The van der Waals surface area contributed by atoms with Crippen LogP contribution in [0, 0.1) is 0 Å². The van der Waals surface area contributed by atoms with Gasteiger partial charge in [-0.25, -0.2) is 16.8 Å². The van der Waals surface area contributed by atoms with Gasteiger partial charge in [-0.1, -0.05) is 6.42 Å². The zero-order valence-corrected chi connectivity index (χ0v) is 13.7. The molecule has 1 aliphatic rings. The highest BCUT2D eigenvalue weighted by Crippen LogP contribution is 2.30. The maximum Gasteiger partial charge on any atom is 0.306 e. The Morgan fingerprint density at radius 2 is 1.75 bits per heavy atom. The van der Waals surface area contributed by atoms with Crippen molar-refractivity contribution in [2.75, 3.05) is 13.4 Å². The van der Waals surface area contributed by atoms with Gasteiger partial charge >= 0.3 is 5.97 Å². The first-order valence-electron chi connectivity index (χ1n) is 6.57. The molecule has 0 saturated heterocycles. The molecule has 1 aliphatic carbocycles. The van der Waals surface area contributed by atoms with Crippen molar-refractivity contribution < 1.29 is 26.4 Å². The van der Waals surface area contributed by atoms with Gasteiger partial charge in [0.25, 0.3) is 0 Å². The Labute approximate surface area is 120 Å². The number of carbonyl (C=O) groups excluding carboxylic acids is 1. The first-order chi connectivity index (χ1) is 9.09. The molecule has 0 spiro atoms. The minimum absolute atomic E-state index is 0.132. The van der Waals surface area contributed by atoms with E-state index < -0.39 is 41.4 Å². The Morgan fingerprint density at radius 3 is 2.25 bits per heavy atom. The van der Waals surface area contributed by atoms with Gasteiger partial charge in [-0.3, -0.25) is 4.79 Å². The van der Waals surface area contributed by atoms with Gasteiger partial charge in [0.2, 0.25) is 0 Å². The highest BCUT2D eigenvalue weighted by molar-refractivity contribution is 7.93. The topological polar surface area (TPSA) is 94.6 Å². The molecule has 0 N–H and O–H groups in total. The number of esters is 1. The summed E-state index contributed by atoms with van der Waals surface area (Å²) in [4.78, 5) is 11.2. The average molecular weight is 326 g/mol. The van der Waals surface area contributed by atoms with Crippen molar-refractivity contribution in [1.82, 2.24) is 0 Å². The SMILES string of the molecule is COC(=O)CC(C)S(=O)(=O)C1CCCC(S(C)(=O)=O)C1. The van der Waals surface area contributed by atoms with Crippen LogP contribution in [-0.4, -0.2) is 51.9 Å². The summed E-state index contributed by atoms with van der Waals surface area (Å²) in [6.07, 6.45) is 2.62. The molecule has 1 fully saturated rings. The molecule has 20 heavy (non-hydrogen) atoms. The van der Waals surface area contributed by atoms with Gasteiger partial charge in [0.15, 0.2) is 9.84 Å². The van der Waals surface area contributed by atoms with Crippen molar-refractivity contribution in [3.8, 4) is 0 Å². The largest absolute Gasteiger partial charge is 0.469 e. The van der Waals surface area contributed by atoms with E-state index in [1.165, 1.54) is 14.0 Å². The fraction of sp³-hybridized carbons (Fsp3) is 0.917. The van der Waals surface area contributed by atoms with Gasteiger partial charge in [0.1, 0.15) is 9.84 Å². The number of ether oxygens (including phenoxy) is 1. The van der Waals surface area contributed by atoms with Crippen LogP contribution in [0.2, 0.25) is 0 Å². The first-order valence-corrected chi connectivity index (χ1v) is 10.1. The van der Waals surface area contributed by atoms with Gasteiger partial charge in [0, 0.05) is 6.26 Å². The van der Waals surface area contributed by atoms with E-state index in [0.717, 1.165) is 6.26 Å². The van der Waals surface area contributed by atoms with Crippen LogP contribution in [0.5, 0.6) is 0 Å². The highest BCUT2D eigenvalue weighted by Gasteiger charge is 2.38. The van der Waals surface area contributed by atoms with E-state index in [-0.39, 0.29) is 12.8 Å². The number of hydrogen-bond donors (Lipinski definition) is 0. The number of sulfone groups is 2. The van der Waals surface area contributed by atoms with Crippen molar-refractivity contribution >= 4 is 25.6 Å². The van der Waals surface area contributed by atoms with Gasteiger partial charge in [-0.2, -0.15) is 0 Å². The van der Waals surface area contributed by atoms with Crippen LogP contribution in [0.1, 0.15) is 39.0 Å². The lowest BCUT2D eigenvalue weighted by atomic mass is 10.00. The number of rotatable bonds is 5. The maximum atomic E-state index is 12.4. The van der Waals surface area contributed by atoms with Crippen LogP contribution < -0.4 is 0 Å². The second-order valence-corrected chi connectivity index (χ2v) is 10.4. The van der Waals surface area contributed by atoms with Crippen LogP contribution >= 0.6 is 0 Å². The quantitative estimate of drug-likeness (QED) is 0.691. The maximum absolute atomic E-state index is 12.4. The lowest BCUT2D eigenvalue weighted by Crippen LogP contribution is -2.39. The molecule has 3 atom stereocenters. The zero-order chi connectivity index (χ0) is 15.6. The van der Waals surface area contributed by atoms with E-state index in [9.17, 15) is 21.6 Å². The Hall–Kier alpha value is -0.630. The van der Waals surface area contributed by atoms with Crippen LogP contribution in [0.25, 0.3) is 0 Å². The van der Waals surface area contributed by atoms with Crippen molar-refractivity contribution in [3.05, 3.63) is 0 Å². The Bertz CT molecular complexity index is 548. The standard InChI is InChI=1S/C12H22O6S2/c1-9(7-12(13)18-2)20(16,17)11-6-4-5-10(8-11)19(3,14)15/h9-11H,4-8H2,1-3H3. The fourth-order valence-electron chi connectivity index (χ4n) is 2.55. The Kier molecular flexibility index (Phi) is 5.60. The van der Waals surface area contributed by atoms with Crippen LogP contribution in [0.15, 0.2) is 0 Å². The van der Waals surface area contributed by atoms with Crippen molar-refractivity contribution in [3.63, 3.8) is 0 Å². The fourth-order valence-corrected chi connectivity index (χ4v) is 5.87. The molecular weight excluding hydrogens is 304 g/mol. The normalized spacial score (nSPS) is 25.9. The summed E-state index contributed by atoms with van der Waals surface area (Å²) in [5.41, 5.74) is 0. The van der Waals surface area contributed by atoms with E-state index >= 15 is 0 Å². The first kappa shape index (κ1) is 17.4. The highest BCUT2D eigenvalue weighted by atomic mass is 32.2. The van der Waals surface area contributed by atoms with E-state index in [0.29, 0.717) is 19.3 Å².